The van der Waals surface area contributed by atoms with E-state index in [2.05, 4.69) is 6.92 Å². The SMILES string of the molecule is CCCCCCCCCc1ccc(B(O)O)cc1F. The van der Waals surface area contributed by atoms with Crippen molar-refractivity contribution in [1.29, 1.82) is 0 Å². The maximum atomic E-state index is 13.7. The Hall–Kier alpha value is -0.865. The summed E-state index contributed by atoms with van der Waals surface area (Å²) in [5.74, 6) is -0.336. The van der Waals surface area contributed by atoms with Gasteiger partial charge in [0.25, 0.3) is 0 Å². The number of rotatable bonds is 9. The van der Waals surface area contributed by atoms with Crippen molar-refractivity contribution < 1.29 is 14.4 Å². The first kappa shape index (κ1) is 16.2. The van der Waals surface area contributed by atoms with Gasteiger partial charge < -0.3 is 10.0 Å². The highest BCUT2D eigenvalue weighted by atomic mass is 19.1. The molecule has 4 heteroatoms. The van der Waals surface area contributed by atoms with Gasteiger partial charge in [-0.2, -0.15) is 0 Å². The Morgan fingerprint density at radius 1 is 1.00 bits per heavy atom. The minimum absolute atomic E-state index is 0.209. The summed E-state index contributed by atoms with van der Waals surface area (Å²) in [5.41, 5.74) is 0.874. The summed E-state index contributed by atoms with van der Waals surface area (Å²) in [6.45, 7) is 2.20. The standard InChI is InChI=1S/C15H24BFO2/c1-2-3-4-5-6-7-8-9-13-10-11-14(16(18)19)12-15(13)17/h10-12,18-19H,2-9H2,1H3. The second kappa shape index (κ2) is 9.10. The van der Waals surface area contributed by atoms with Crippen molar-refractivity contribution in [3.8, 4) is 0 Å². The molecule has 0 spiro atoms. The summed E-state index contributed by atoms with van der Waals surface area (Å²) in [7, 11) is -1.60. The summed E-state index contributed by atoms with van der Waals surface area (Å²) in [5, 5.41) is 17.9. The number of aryl methyl sites for hydroxylation is 1. The van der Waals surface area contributed by atoms with Crippen molar-refractivity contribution in [1.82, 2.24) is 0 Å². The highest BCUT2D eigenvalue weighted by molar-refractivity contribution is 6.58. The summed E-state index contributed by atoms with van der Waals surface area (Å²) < 4.78 is 13.7. The van der Waals surface area contributed by atoms with Crippen molar-refractivity contribution in [3.05, 3.63) is 29.6 Å². The molecule has 1 rings (SSSR count). The zero-order valence-electron chi connectivity index (χ0n) is 11.7. The zero-order chi connectivity index (χ0) is 14.1. The van der Waals surface area contributed by atoms with E-state index in [0.717, 1.165) is 19.3 Å². The molecule has 0 aliphatic rings. The Labute approximate surface area is 115 Å². The molecule has 0 unspecified atom stereocenters. The Morgan fingerprint density at radius 3 is 2.21 bits per heavy atom. The van der Waals surface area contributed by atoms with Crippen LogP contribution in [0.25, 0.3) is 0 Å². The van der Waals surface area contributed by atoms with E-state index in [1.54, 1.807) is 12.1 Å². The topological polar surface area (TPSA) is 40.5 Å². The molecule has 19 heavy (non-hydrogen) atoms. The monoisotopic (exact) mass is 266 g/mol. The fraction of sp³-hybridized carbons (Fsp3) is 0.600. The van der Waals surface area contributed by atoms with Crippen LogP contribution in [0.1, 0.15) is 57.4 Å². The van der Waals surface area contributed by atoms with Gasteiger partial charge in [0.1, 0.15) is 5.82 Å². The molecular weight excluding hydrogens is 242 g/mol. The third kappa shape index (κ3) is 6.21. The molecule has 2 nitrogen and oxygen atoms in total. The molecule has 0 aliphatic carbocycles. The molecule has 0 heterocycles. The maximum Gasteiger partial charge on any atom is 0.488 e. The van der Waals surface area contributed by atoms with E-state index in [1.165, 1.54) is 38.2 Å². The van der Waals surface area contributed by atoms with Crippen molar-refractivity contribution in [2.75, 3.05) is 0 Å². The quantitative estimate of drug-likeness (QED) is 0.533. The summed E-state index contributed by atoms with van der Waals surface area (Å²) >= 11 is 0. The maximum absolute atomic E-state index is 13.7. The molecule has 0 aliphatic heterocycles. The van der Waals surface area contributed by atoms with E-state index in [4.69, 9.17) is 10.0 Å². The van der Waals surface area contributed by atoms with Crippen molar-refractivity contribution in [2.24, 2.45) is 0 Å². The molecular formula is C15H24BFO2. The molecule has 0 saturated carbocycles. The van der Waals surface area contributed by atoms with Gasteiger partial charge in [0.05, 0.1) is 0 Å². The highest BCUT2D eigenvalue weighted by Gasteiger charge is 2.13. The Balaban J connectivity index is 2.26. The lowest BCUT2D eigenvalue weighted by molar-refractivity contribution is 0.425. The van der Waals surface area contributed by atoms with E-state index in [1.807, 2.05) is 0 Å². The van der Waals surface area contributed by atoms with Crippen LogP contribution >= 0.6 is 0 Å². The van der Waals surface area contributed by atoms with Gasteiger partial charge in [-0.25, -0.2) is 4.39 Å². The second-order valence-corrected chi connectivity index (χ2v) is 5.10. The van der Waals surface area contributed by atoms with Crippen LogP contribution in [0, 0.1) is 5.82 Å². The van der Waals surface area contributed by atoms with E-state index in [-0.39, 0.29) is 11.3 Å². The molecule has 2 N–H and O–H groups in total. The fourth-order valence-corrected chi connectivity index (χ4v) is 2.20. The number of unbranched alkanes of at least 4 members (excludes halogenated alkanes) is 6. The first-order valence-corrected chi connectivity index (χ1v) is 7.29. The lowest BCUT2D eigenvalue weighted by Gasteiger charge is -2.06. The molecule has 106 valence electrons. The van der Waals surface area contributed by atoms with Gasteiger partial charge in [-0.3, -0.25) is 0 Å². The summed E-state index contributed by atoms with van der Waals surface area (Å²) in [6.07, 6.45) is 9.20. The van der Waals surface area contributed by atoms with E-state index < -0.39 is 7.12 Å². The molecule has 0 radical (unpaired) electrons. The Bertz CT molecular complexity index is 369. The van der Waals surface area contributed by atoms with Gasteiger partial charge in [0, 0.05) is 0 Å². The number of hydrogen-bond donors (Lipinski definition) is 2. The molecule has 0 fully saturated rings. The van der Waals surface area contributed by atoms with Crippen molar-refractivity contribution >= 4 is 12.6 Å². The number of hydrogen-bond acceptors (Lipinski definition) is 2. The van der Waals surface area contributed by atoms with E-state index >= 15 is 0 Å². The smallest absolute Gasteiger partial charge is 0.423 e. The zero-order valence-corrected chi connectivity index (χ0v) is 11.7. The number of benzene rings is 1. The lowest BCUT2D eigenvalue weighted by Crippen LogP contribution is -2.30. The van der Waals surface area contributed by atoms with Crippen LogP contribution in [0.5, 0.6) is 0 Å². The van der Waals surface area contributed by atoms with E-state index in [0.29, 0.717) is 5.56 Å². The molecule has 0 atom stereocenters. The van der Waals surface area contributed by atoms with Crippen LogP contribution in [-0.4, -0.2) is 17.2 Å². The highest BCUT2D eigenvalue weighted by Crippen LogP contribution is 2.12. The van der Waals surface area contributed by atoms with E-state index in [9.17, 15) is 4.39 Å². The van der Waals surface area contributed by atoms with Gasteiger partial charge in [-0.1, -0.05) is 57.6 Å². The molecule has 1 aromatic carbocycles. The van der Waals surface area contributed by atoms with Gasteiger partial charge in [0.2, 0.25) is 0 Å². The summed E-state index contributed by atoms with van der Waals surface area (Å²) in [6, 6.07) is 4.44. The third-order valence-corrected chi connectivity index (χ3v) is 3.42. The first-order valence-electron chi connectivity index (χ1n) is 7.29. The average molecular weight is 266 g/mol. The minimum Gasteiger partial charge on any atom is -0.423 e. The van der Waals surface area contributed by atoms with Crippen LogP contribution in [0.3, 0.4) is 0 Å². The Morgan fingerprint density at radius 2 is 1.63 bits per heavy atom. The van der Waals surface area contributed by atoms with Crippen LogP contribution in [0.4, 0.5) is 4.39 Å². The summed E-state index contributed by atoms with van der Waals surface area (Å²) in [4.78, 5) is 0. The van der Waals surface area contributed by atoms with Gasteiger partial charge in [0.15, 0.2) is 0 Å². The van der Waals surface area contributed by atoms with Crippen molar-refractivity contribution in [2.45, 2.75) is 58.3 Å². The third-order valence-electron chi connectivity index (χ3n) is 3.42. The average Bonchev–Trinajstić information content (AvgIpc) is 2.39. The predicted molar refractivity (Wildman–Crippen MR) is 77.9 cm³/mol. The first-order chi connectivity index (χ1) is 9.15. The molecule has 0 aromatic heterocycles. The minimum atomic E-state index is -1.60. The fourth-order valence-electron chi connectivity index (χ4n) is 2.20. The Kier molecular flexibility index (Phi) is 7.76. The van der Waals surface area contributed by atoms with Gasteiger partial charge in [-0.05, 0) is 29.9 Å². The molecule has 0 bridgehead atoms. The van der Waals surface area contributed by atoms with Crippen LogP contribution in [0.2, 0.25) is 0 Å². The second-order valence-electron chi connectivity index (χ2n) is 5.10. The molecule has 0 amide bonds. The predicted octanol–water partition coefficient (Wildman–Crippen LogP) is 2.80. The normalized spacial score (nSPS) is 10.7. The molecule has 0 saturated heterocycles. The van der Waals surface area contributed by atoms with Crippen LogP contribution in [-0.2, 0) is 6.42 Å². The number of halogens is 1. The van der Waals surface area contributed by atoms with Gasteiger partial charge in [-0.15, -0.1) is 0 Å². The van der Waals surface area contributed by atoms with Crippen molar-refractivity contribution in [3.63, 3.8) is 0 Å². The largest absolute Gasteiger partial charge is 0.488 e. The molecule has 1 aromatic rings. The lowest BCUT2D eigenvalue weighted by atomic mass is 9.80. The van der Waals surface area contributed by atoms with Crippen LogP contribution < -0.4 is 5.46 Å². The van der Waals surface area contributed by atoms with Gasteiger partial charge >= 0.3 is 7.12 Å². The van der Waals surface area contributed by atoms with Crippen LogP contribution in [0.15, 0.2) is 18.2 Å².